The highest BCUT2D eigenvalue weighted by molar-refractivity contribution is 7.98. The van der Waals surface area contributed by atoms with Gasteiger partial charge < -0.3 is 5.32 Å². The smallest absolute Gasteiger partial charge is 0.228 e. The number of tetrazole rings is 1. The highest BCUT2D eigenvalue weighted by Gasteiger charge is 2.09. The van der Waals surface area contributed by atoms with Crippen molar-refractivity contribution in [2.75, 3.05) is 11.6 Å². The van der Waals surface area contributed by atoms with Gasteiger partial charge in [-0.25, -0.2) is 0 Å². The largest absolute Gasteiger partial charge is 0.326 e. The number of aromatic nitrogens is 4. The zero-order chi connectivity index (χ0) is 19.2. The lowest BCUT2D eigenvalue weighted by atomic mass is 10.0. The van der Waals surface area contributed by atoms with Gasteiger partial charge in [-0.05, 0) is 58.3 Å². The second kappa shape index (κ2) is 8.81. The first-order valence-electron chi connectivity index (χ1n) is 8.85. The van der Waals surface area contributed by atoms with E-state index in [1.165, 1.54) is 17.3 Å². The number of nitrogens with one attached hydrogen (secondary N) is 1. The second-order valence-corrected chi connectivity index (χ2v) is 7.54. The maximum Gasteiger partial charge on any atom is 0.228 e. The van der Waals surface area contributed by atoms with E-state index >= 15 is 0 Å². The van der Waals surface area contributed by atoms with E-state index in [1.54, 1.807) is 4.68 Å². The van der Waals surface area contributed by atoms with E-state index in [0.717, 1.165) is 23.4 Å². The Morgan fingerprint density at radius 2 is 1.89 bits per heavy atom. The van der Waals surface area contributed by atoms with Gasteiger partial charge in [0.15, 0.2) is 0 Å². The van der Waals surface area contributed by atoms with E-state index in [1.807, 2.05) is 42.7 Å². The summed E-state index contributed by atoms with van der Waals surface area (Å²) in [6.45, 7) is 4.40. The van der Waals surface area contributed by atoms with E-state index in [2.05, 4.69) is 46.8 Å². The summed E-state index contributed by atoms with van der Waals surface area (Å²) < 4.78 is 1.65. The number of carbonyl (C=O) groups excluding carboxylic acids is 1. The lowest BCUT2D eigenvalue weighted by molar-refractivity contribution is -0.115. The monoisotopic (exact) mass is 381 g/mol. The molecule has 0 atom stereocenters. The van der Waals surface area contributed by atoms with E-state index in [0.29, 0.717) is 17.5 Å². The van der Waals surface area contributed by atoms with Crippen molar-refractivity contribution in [1.82, 2.24) is 20.2 Å². The quantitative estimate of drug-likeness (QED) is 0.631. The van der Waals surface area contributed by atoms with E-state index < -0.39 is 0 Å². The predicted octanol–water partition coefficient (Wildman–Crippen LogP) is 3.76. The molecule has 0 radical (unpaired) electrons. The molecule has 2 aromatic carbocycles. The molecule has 0 aliphatic rings. The van der Waals surface area contributed by atoms with Crippen LogP contribution in [0.3, 0.4) is 0 Å². The van der Waals surface area contributed by atoms with Gasteiger partial charge in [0.2, 0.25) is 11.1 Å². The lowest BCUT2D eigenvalue weighted by Crippen LogP contribution is -2.14. The number of nitrogens with zero attached hydrogens (tertiary/aromatic N) is 4. The van der Waals surface area contributed by atoms with Crippen molar-refractivity contribution in [3.63, 3.8) is 0 Å². The van der Waals surface area contributed by atoms with Crippen LogP contribution in [-0.4, -0.2) is 32.4 Å². The third-order valence-electron chi connectivity index (χ3n) is 4.03. The Hall–Kier alpha value is -2.67. The summed E-state index contributed by atoms with van der Waals surface area (Å²) in [7, 11) is 0. The molecule has 3 aromatic rings. The third kappa shape index (κ3) is 5.17. The van der Waals surface area contributed by atoms with Crippen molar-refractivity contribution < 1.29 is 4.79 Å². The summed E-state index contributed by atoms with van der Waals surface area (Å²) in [5, 5.41) is 15.3. The zero-order valence-corrected chi connectivity index (χ0v) is 16.5. The fourth-order valence-electron chi connectivity index (χ4n) is 2.84. The van der Waals surface area contributed by atoms with Crippen LogP contribution in [0.5, 0.6) is 0 Å². The van der Waals surface area contributed by atoms with Gasteiger partial charge in [0.05, 0.1) is 12.1 Å². The van der Waals surface area contributed by atoms with Crippen molar-refractivity contribution >= 4 is 23.4 Å². The number of rotatable bonds is 7. The third-order valence-corrected chi connectivity index (χ3v) is 4.65. The van der Waals surface area contributed by atoms with Gasteiger partial charge in [-0.1, -0.05) is 55.9 Å². The molecule has 140 valence electrons. The number of carbonyl (C=O) groups is 1. The number of hydrogen-bond donors (Lipinski definition) is 1. The molecule has 27 heavy (non-hydrogen) atoms. The molecule has 0 saturated heterocycles. The molecule has 1 aromatic heterocycles. The van der Waals surface area contributed by atoms with Gasteiger partial charge in [-0.2, -0.15) is 4.68 Å². The van der Waals surface area contributed by atoms with E-state index in [-0.39, 0.29) is 5.91 Å². The topological polar surface area (TPSA) is 72.7 Å². The van der Waals surface area contributed by atoms with Crippen LogP contribution in [0.4, 0.5) is 5.69 Å². The van der Waals surface area contributed by atoms with Gasteiger partial charge in [-0.15, -0.1) is 5.10 Å². The van der Waals surface area contributed by atoms with Crippen molar-refractivity contribution in [1.29, 1.82) is 0 Å². The van der Waals surface area contributed by atoms with Gasteiger partial charge in [0, 0.05) is 5.69 Å². The second-order valence-electron chi connectivity index (χ2n) is 6.77. The molecule has 1 N–H and O–H groups in total. The SMILES string of the molecule is CSc1nnnn1-c1cccc(NC(=O)Cc2ccc(CC(C)C)cc2)c1. The van der Waals surface area contributed by atoms with E-state index in [9.17, 15) is 4.79 Å². The number of amides is 1. The van der Waals surface area contributed by atoms with Crippen LogP contribution in [0, 0.1) is 5.92 Å². The van der Waals surface area contributed by atoms with Crippen LogP contribution in [0.15, 0.2) is 53.7 Å². The molecular weight excluding hydrogens is 358 g/mol. The molecule has 0 aliphatic heterocycles. The molecule has 0 fully saturated rings. The fourth-order valence-corrected chi connectivity index (χ4v) is 3.27. The lowest BCUT2D eigenvalue weighted by Gasteiger charge is -2.09. The van der Waals surface area contributed by atoms with Crippen LogP contribution >= 0.6 is 11.8 Å². The molecule has 1 heterocycles. The molecule has 3 rings (SSSR count). The number of hydrogen-bond acceptors (Lipinski definition) is 5. The summed E-state index contributed by atoms with van der Waals surface area (Å²) in [6, 6.07) is 15.8. The van der Waals surface area contributed by atoms with Gasteiger partial charge in [-0.3, -0.25) is 4.79 Å². The van der Waals surface area contributed by atoms with Gasteiger partial charge in [0.25, 0.3) is 0 Å². The van der Waals surface area contributed by atoms with Crippen LogP contribution in [-0.2, 0) is 17.6 Å². The number of thioether (sulfide) groups is 1. The Labute approximate surface area is 163 Å². The van der Waals surface area contributed by atoms with E-state index in [4.69, 9.17) is 0 Å². The van der Waals surface area contributed by atoms with Crippen molar-refractivity contribution in [2.45, 2.75) is 31.8 Å². The molecule has 0 unspecified atom stereocenters. The van der Waals surface area contributed by atoms with Gasteiger partial charge in [0.1, 0.15) is 0 Å². The van der Waals surface area contributed by atoms with Crippen molar-refractivity contribution in [3.05, 3.63) is 59.7 Å². The highest BCUT2D eigenvalue weighted by atomic mass is 32.2. The molecule has 6 nitrogen and oxygen atoms in total. The summed E-state index contributed by atoms with van der Waals surface area (Å²) in [5.41, 5.74) is 3.82. The normalized spacial score (nSPS) is 11.0. The minimum absolute atomic E-state index is 0.0504. The van der Waals surface area contributed by atoms with Crippen LogP contribution < -0.4 is 5.32 Å². The molecule has 1 amide bonds. The molecule has 0 bridgehead atoms. The minimum atomic E-state index is -0.0504. The minimum Gasteiger partial charge on any atom is -0.326 e. The van der Waals surface area contributed by atoms with Crippen LogP contribution in [0.25, 0.3) is 5.69 Å². The average Bonchev–Trinajstić information content (AvgIpc) is 3.12. The number of benzene rings is 2. The molecule has 0 spiro atoms. The average molecular weight is 382 g/mol. The Morgan fingerprint density at radius 3 is 2.59 bits per heavy atom. The summed E-state index contributed by atoms with van der Waals surface area (Å²) in [4.78, 5) is 12.4. The first kappa shape index (κ1) is 19.1. The zero-order valence-electron chi connectivity index (χ0n) is 15.7. The molecule has 7 heteroatoms. The fraction of sp³-hybridized carbons (Fsp3) is 0.300. The summed E-state index contributed by atoms with van der Waals surface area (Å²) in [6.07, 6.45) is 3.31. The standard InChI is InChI=1S/C20H23N5OS/c1-14(2)11-15-7-9-16(10-8-15)12-19(26)21-17-5-4-6-18(13-17)25-20(27-3)22-23-24-25/h4-10,13-14H,11-12H2,1-3H3,(H,21,26). The predicted molar refractivity (Wildman–Crippen MR) is 108 cm³/mol. The molecular formula is C20H23N5OS. The molecule has 0 aliphatic carbocycles. The summed E-state index contributed by atoms with van der Waals surface area (Å²) >= 11 is 1.46. The Balaban J connectivity index is 1.65. The maximum absolute atomic E-state index is 12.4. The first-order chi connectivity index (χ1) is 13.0. The highest BCUT2D eigenvalue weighted by Crippen LogP contribution is 2.19. The maximum atomic E-state index is 12.4. The number of anilines is 1. The Bertz CT molecular complexity index is 905. The Morgan fingerprint density at radius 1 is 1.15 bits per heavy atom. The van der Waals surface area contributed by atoms with Gasteiger partial charge >= 0.3 is 0 Å². The van der Waals surface area contributed by atoms with Crippen LogP contribution in [0.1, 0.15) is 25.0 Å². The summed E-state index contributed by atoms with van der Waals surface area (Å²) in [5.74, 6) is 0.573. The van der Waals surface area contributed by atoms with Crippen molar-refractivity contribution in [2.24, 2.45) is 5.92 Å². The Kier molecular flexibility index (Phi) is 6.24. The van der Waals surface area contributed by atoms with Crippen LogP contribution in [0.2, 0.25) is 0 Å². The first-order valence-corrected chi connectivity index (χ1v) is 10.1. The van der Waals surface area contributed by atoms with Crippen molar-refractivity contribution in [3.8, 4) is 5.69 Å². The molecule has 0 saturated carbocycles.